The lowest BCUT2D eigenvalue weighted by Gasteiger charge is -2.14. The molecule has 0 saturated carbocycles. The molecule has 1 nitrogen and oxygen atoms in total. The maximum Gasteiger partial charge on any atom is 0.146 e. The average molecular weight is 406 g/mol. The molecule has 0 amide bonds. The van der Waals surface area contributed by atoms with E-state index in [0.29, 0.717) is 11.1 Å². The number of hydrogen-bond acceptors (Lipinski definition) is 1. The van der Waals surface area contributed by atoms with E-state index in [0.717, 1.165) is 11.1 Å². The van der Waals surface area contributed by atoms with Gasteiger partial charge in [-0.15, -0.1) is 0 Å². The molecule has 5 heteroatoms. The average Bonchev–Trinajstić information content (AvgIpc) is 2.44. The number of ether oxygens (including phenoxy) is 1. The van der Waals surface area contributed by atoms with Crippen molar-refractivity contribution in [3.05, 3.63) is 63.1 Å². The van der Waals surface area contributed by atoms with Gasteiger partial charge in [-0.3, -0.25) is 0 Å². The molecule has 0 heterocycles. The molecule has 0 aliphatic heterocycles. The van der Waals surface area contributed by atoms with Gasteiger partial charge in [0.05, 0.1) is 10.0 Å². The minimum absolute atomic E-state index is 0.0804. The van der Waals surface area contributed by atoms with E-state index in [1.165, 1.54) is 12.1 Å². The van der Waals surface area contributed by atoms with E-state index in [1.54, 1.807) is 0 Å². The molecule has 0 aliphatic rings. The van der Waals surface area contributed by atoms with E-state index in [4.69, 9.17) is 4.74 Å². The van der Waals surface area contributed by atoms with Crippen LogP contribution in [0.4, 0.5) is 8.78 Å². The van der Waals surface area contributed by atoms with E-state index in [9.17, 15) is 8.78 Å². The van der Waals surface area contributed by atoms with Gasteiger partial charge in [0.25, 0.3) is 0 Å². The van der Waals surface area contributed by atoms with Crippen LogP contribution in [0.25, 0.3) is 0 Å². The quantitative estimate of drug-likeness (QED) is 0.481. The molecule has 2 rings (SSSR count). The molecule has 0 aliphatic carbocycles. The van der Waals surface area contributed by atoms with E-state index in [2.05, 4.69) is 31.9 Å². The first-order valence-electron chi connectivity index (χ1n) is 5.94. The Morgan fingerprint density at radius 2 is 1.90 bits per heavy atom. The Hall–Kier alpha value is -0.940. The van der Waals surface area contributed by atoms with Gasteiger partial charge in [-0.2, -0.15) is 0 Å². The van der Waals surface area contributed by atoms with Crippen molar-refractivity contribution in [2.24, 2.45) is 0 Å². The van der Waals surface area contributed by atoms with Crippen LogP contribution in [0.3, 0.4) is 0 Å². The molecule has 2 aromatic rings. The summed E-state index contributed by atoms with van der Waals surface area (Å²) in [6, 6.07) is 8.28. The van der Waals surface area contributed by atoms with Gasteiger partial charge in [0.1, 0.15) is 24.0 Å². The van der Waals surface area contributed by atoms with Crippen molar-refractivity contribution in [1.82, 2.24) is 0 Å². The van der Waals surface area contributed by atoms with Crippen LogP contribution in [0, 0.1) is 18.6 Å². The lowest BCUT2D eigenvalue weighted by Crippen LogP contribution is -2.05. The first-order chi connectivity index (χ1) is 9.54. The van der Waals surface area contributed by atoms with Crippen molar-refractivity contribution in [2.45, 2.75) is 18.9 Å². The molecule has 2 aromatic carbocycles. The van der Waals surface area contributed by atoms with Gasteiger partial charge in [-0.25, -0.2) is 8.78 Å². The topological polar surface area (TPSA) is 9.23 Å². The Morgan fingerprint density at radius 1 is 1.15 bits per heavy atom. The lowest BCUT2D eigenvalue weighted by molar-refractivity contribution is 0.288. The predicted octanol–water partition coefficient (Wildman–Crippen LogP) is 5.51. The third-order valence-corrected chi connectivity index (χ3v) is 4.15. The molecule has 0 N–H and O–H groups in total. The summed E-state index contributed by atoms with van der Waals surface area (Å²) in [4.78, 5) is 0. The summed E-state index contributed by atoms with van der Waals surface area (Å²) in [6.07, 6.45) is 0. The predicted molar refractivity (Wildman–Crippen MR) is 82.2 cm³/mol. The zero-order chi connectivity index (χ0) is 14.7. The molecule has 0 unspecified atom stereocenters. The SMILES string of the molecule is Cc1cccc(CBr)c1OCc1c(F)ccc(Br)c1F. The number of hydrogen-bond donors (Lipinski definition) is 0. The van der Waals surface area contributed by atoms with Crippen LogP contribution in [0.15, 0.2) is 34.8 Å². The van der Waals surface area contributed by atoms with Crippen molar-refractivity contribution in [3.8, 4) is 5.75 Å². The van der Waals surface area contributed by atoms with Crippen molar-refractivity contribution < 1.29 is 13.5 Å². The highest BCUT2D eigenvalue weighted by Gasteiger charge is 2.14. The van der Waals surface area contributed by atoms with E-state index in [-0.39, 0.29) is 16.6 Å². The molecule has 0 spiro atoms. The van der Waals surface area contributed by atoms with Gasteiger partial charge in [-0.05, 0) is 40.5 Å². The smallest absolute Gasteiger partial charge is 0.146 e. The molecular weight excluding hydrogens is 394 g/mol. The molecule has 0 atom stereocenters. The van der Waals surface area contributed by atoms with Crippen LogP contribution in [-0.4, -0.2) is 0 Å². The maximum absolute atomic E-state index is 13.9. The van der Waals surface area contributed by atoms with Crippen LogP contribution >= 0.6 is 31.9 Å². The highest BCUT2D eigenvalue weighted by atomic mass is 79.9. The van der Waals surface area contributed by atoms with Crippen molar-refractivity contribution >= 4 is 31.9 Å². The summed E-state index contributed by atoms with van der Waals surface area (Å²) < 4.78 is 33.4. The van der Waals surface area contributed by atoms with E-state index < -0.39 is 11.6 Å². The second-order valence-electron chi connectivity index (χ2n) is 4.31. The van der Waals surface area contributed by atoms with Crippen molar-refractivity contribution in [3.63, 3.8) is 0 Å². The van der Waals surface area contributed by atoms with Crippen molar-refractivity contribution in [2.75, 3.05) is 0 Å². The van der Waals surface area contributed by atoms with Gasteiger partial charge in [-0.1, -0.05) is 34.1 Å². The largest absolute Gasteiger partial charge is 0.488 e. The zero-order valence-electron chi connectivity index (χ0n) is 10.7. The number of para-hydroxylation sites is 1. The van der Waals surface area contributed by atoms with Crippen LogP contribution < -0.4 is 4.74 Å². The Labute approximate surface area is 133 Å². The molecule has 0 radical (unpaired) electrons. The van der Waals surface area contributed by atoms with Crippen LogP contribution in [0.5, 0.6) is 5.75 Å². The summed E-state index contributed by atoms with van der Waals surface area (Å²) in [5, 5.41) is 0.619. The summed E-state index contributed by atoms with van der Waals surface area (Å²) in [6.45, 7) is 1.75. The Kier molecular flexibility index (Phi) is 5.16. The summed E-state index contributed by atoms with van der Waals surface area (Å²) in [5.74, 6) is -0.582. The zero-order valence-corrected chi connectivity index (χ0v) is 13.9. The monoisotopic (exact) mass is 404 g/mol. The van der Waals surface area contributed by atoms with Crippen LogP contribution in [0.1, 0.15) is 16.7 Å². The van der Waals surface area contributed by atoms with Gasteiger partial charge >= 0.3 is 0 Å². The Bertz CT molecular complexity index is 630. The first-order valence-corrected chi connectivity index (χ1v) is 7.85. The minimum atomic E-state index is -0.626. The number of halogens is 4. The molecular formula is C15H12Br2F2O. The van der Waals surface area contributed by atoms with Crippen LogP contribution in [-0.2, 0) is 11.9 Å². The first kappa shape index (κ1) is 15.4. The fourth-order valence-corrected chi connectivity index (χ4v) is 2.68. The Morgan fingerprint density at radius 3 is 2.60 bits per heavy atom. The Balaban J connectivity index is 2.28. The normalized spacial score (nSPS) is 10.7. The third-order valence-electron chi connectivity index (χ3n) is 2.94. The van der Waals surface area contributed by atoms with Gasteiger partial charge in [0, 0.05) is 10.9 Å². The molecule has 20 heavy (non-hydrogen) atoms. The summed E-state index contributed by atoms with van der Waals surface area (Å²) >= 11 is 6.42. The highest BCUT2D eigenvalue weighted by Crippen LogP contribution is 2.28. The van der Waals surface area contributed by atoms with E-state index >= 15 is 0 Å². The fraction of sp³-hybridized carbons (Fsp3) is 0.200. The standard InChI is InChI=1S/C15H12Br2F2O/c1-9-3-2-4-10(7-16)15(9)20-8-11-13(18)6-5-12(17)14(11)19/h2-6H,7-8H2,1H3. The van der Waals surface area contributed by atoms with E-state index in [1.807, 2.05) is 25.1 Å². The molecule has 106 valence electrons. The molecule has 0 fully saturated rings. The third kappa shape index (κ3) is 3.20. The van der Waals surface area contributed by atoms with Gasteiger partial charge in [0.15, 0.2) is 0 Å². The maximum atomic E-state index is 13.9. The molecule has 0 aromatic heterocycles. The summed E-state index contributed by atoms with van der Waals surface area (Å²) in [7, 11) is 0. The number of rotatable bonds is 4. The fourth-order valence-electron chi connectivity index (χ4n) is 1.87. The van der Waals surface area contributed by atoms with Gasteiger partial charge in [0.2, 0.25) is 0 Å². The van der Waals surface area contributed by atoms with Crippen molar-refractivity contribution in [1.29, 1.82) is 0 Å². The second kappa shape index (κ2) is 6.68. The molecule has 0 bridgehead atoms. The number of aryl methyl sites for hydroxylation is 1. The van der Waals surface area contributed by atoms with Gasteiger partial charge < -0.3 is 4.74 Å². The highest BCUT2D eigenvalue weighted by molar-refractivity contribution is 9.10. The summed E-state index contributed by atoms with van der Waals surface area (Å²) in [5.41, 5.74) is 1.79. The second-order valence-corrected chi connectivity index (χ2v) is 5.72. The van der Waals surface area contributed by atoms with Crippen LogP contribution in [0.2, 0.25) is 0 Å². The lowest BCUT2D eigenvalue weighted by atomic mass is 10.1. The minimum Gasteiger partial charge on any atom is -0.488 e. The molecule has 0 saturated heterocycles. The number of benzene rings is 2. The number of alkyl halides is 1.